The summed E-state index contributed by atoms with van der Waals surface area (Å²) in [6.45, 7) is 2.43. The fraction of sp³-hybridized carbons (Fsp3) is 0.364. The molecule has 0 spiro atoms. The molecule has 0 unspecified atom stereocenters. The number of benzene rings is 3. The largest absolute Gasteiger partial charge is 0.308 e. The van der Waals surface area contributed by atoms with Crippen molar-refractivity contribution in [2.75, 3.05) is 54.4 Å². The lowest BCUT2D eigenvalue weighted by atomic mass is 10.00. The first-order chi connectivity index (χ1) is 14.9. The molecule has 0 amide bonds. The molecule has 0 radical (unpaired) electrons. The lowest BCUT2D eigenvalue weighted by molar-refractivity contribution is 0.419. The Morgan fingerprint density at radius 2 is 1.16 bits per heavy atom. The molecule has 0 saturated heterocycles. The van der Waals surface area contributed by atoms with Crippen LogP contribution in [0.5, 0.6) is 0 Å². The first kappa shape index (κ1) is 21.0. The molecule has 0 aliphatic carbocycles. The average molecular weight is 422 g/mol. The van der Waals surface area contributed by atoms with Crippen LogP contribution in [0.4, 0.5) is 0 Å². The predicted octanol–water partition coefficient (Wildman–Crippen LogP) is 0.213. The van der Waals surface area contributed by atoms with Crippen LogP contribution < -0.4 is 21.6 Å². The molecule has 0 saturated carbocycles. The van der Waals surface area contributed by atoms with E-state index in [0.717, 1.165) is 13.1 Å². The minimum atomic E-state index is -0.200. The molecular weight excluding hydrogens is 394 g/mol. The van der Waals surface area contributed by atoms with Gasteiger partial charge >= 0.3 is 0 Å². The number of nitrogens with one attached hydrogen (secondary N) is 3. The fourth-order valence-electron chi connectivity index (χ4n) is 3.75. The van der Waals surface area contributed by atoms with Gasteiger partial charge in [-0.2, -0.15) is 0 Å². The van der Waals surface area contributed by atoms with Gasteiger partial charge in [-0.25, -0.2) is 5.21 Å². The number of nitrogens with zero attached hydrogens (tertiary/aromatic N) is 4. The second-order valence-corrected chi connectivity index (χ2v) is 8.15. The third-order valence-corrected chi connectivity index (χ3v) is 5.33. The van der Waals surface area contributed by atoms with Gasteiger partial charge in [0, 0.05) is 23.9 Å². The Bertz CT molecular complexity index is 1380. The van der Waals surface area contributed by atoms with Crippen LogP contribution in [-0.4, -0.2) is 79.6 Å². The summed E-state index contributed by atoms with van der Waals surface area (Å²) in [6.07, 6.45) is 0. The second kappa shape index (κ2) is 8.44. The summed E-state index contributed by atoms with van der Waals surface area (Å²) < 4.78 is 0. The Kier molecular flexibility index (Phi) is 5.71. The summed E-state index contributed by atoms with van der Waals surface area (Å²) in [4.78, 5) is 40.6. The van der Waals surface area contributed by atoms with Crippen molar-refractivity contribution >= 4 is 32.6 Å². The number of aromatic nitrogens is 3. The fourth-order valence-corrected chi connectivity index (χ4v) is 3.75. The van der Waals surface area contributed by atoms with Crippen LogP contribution in [-0.2, 0) is 0 Å². The molecule has 4 rings (SSSR count). The van der Waals surface area contributed by atoms with Gasteiger partial charge in [0.2, 0.25) is 0 Å². The average Bonchev–Trinajstić information content (AvgIpc) is 3.22. The summed E-state index contributed by atoms with van der Waals surface area (Å²) in [7, 11) is 7.87. The first-order valence-corrected chi connectivity index (χ1v) is 10.2. The van der Waals surface area contributed by atoms with E-state index in [-0.39, 0.29) is 10.9 Å². The molecule has 162 valence electrons. The minimum Gasteiger partial charge on any atom is -0.308 e. The molecule has 9 heteroatoms. The highest BCUT2D eigenvalue weighted by Crippen LogP contribution is 2.11. The van der Waals surface area contributed by atoms with Crippen molar-refractivity contribution in [2.24, 2.45) is 9.98 Å². The molecule has 0 bridgehead atoms. The third kappa shape index (κ3) is 3.77. The SMILES string of the molecule is CN(C)CCN=c1c2[nH][nH][nH]c2c(=NCCN(C)C)c2c(=O)c3ccccc3c(=O)c12. The number of hydrogen-bond donors (Lipinski definition) is 3. The van der Waals surface area contributed by atoms with Crippen molar-refractivity contribution in [3.8, 4) is 0 Å². The van der Waals surface area contributed by atoms with Gasteiger partial charge < -0.3 is 9.80 Å². The number of fused-ring (bicyclic) bond motifs is 3. The molecule has 0 fully saturated rings. The number of rotatable bonds is 6. The third-order valence-electron chi connectivity index (χ3n) is 5.33. The summed E-state index contributed by atoms with van der Waals surface area (Å²) in [6, 6.07) is 6.94. The molecule has 0 aliphatic heterocycles. The van der Waals surface area contributed by atoms with Crippen LogP contribution in [0.1, 0.15) is 0 Å². The molecule has 1 heterocycles. The van der Waals surface area contributed by atoms with E-state index in [1.165, 1.54) is 0 Å². The molecule has 0 atom stereocenters. The Morgan fingerprint density at radius 3 is 1.55 bits per heavy atom. The highest BCUT2D eigenvalue weighted by atomic mass is 16.1. The molecule has 31 heavy (non-hydrogen) atoms. The molecule has 3 aromatic carbocycles. The molecule has 0 aliphatic rings. The van der Waals surface area contributed by atoms with Crippen molar-refractivity contribution in [1.29, 1.82) is 0 Å². The Labute approximate surface area is 178 Å². The minimum absolute atomic E-state index is 0.200. The topological polar surface area (TPSA) is 113 Å². The number of H-pyrrole nitrogens is 3. The van der Waals surface area contributed by atoms with Crippen LogP contribution in [0.2, 0.25) is 0 Å². The van der Waals surface area contributed by atoms with E-state index < -0.39 is 0 Å². The van der Waals surface area contributed by atoms with Gasteiger partial charge in [-0.15, -0.1) is 0 Å². The van der Waals surface area contributed by atoms with Gasteiger partial charge in [-0.05, 0) is 28.2 Å². The maximum absolute atomic E-state index is 13.6. The predicted molar refractivity (Wildman–Crippen MR) is 124 cm³/mol. The van der Waals surface area contributed by atoms with Crippen LogP contribution in [0.15, 0.2) is 43.8 Å². The van der Waals surface area contributed by atoms with Gasteiger partial charge in [-0.1, -0.05) is 24.3 Å². The number of aromatic amines is 3. The van der Waals surface area contributed by atoms with E-state index in [9.17, 15) is 9.59 Å². The summed E-state index contributed by atoms with van der Waals surface area (Å²) in [5, 5.41) is 11.4. The van der Waals surface area contributed by atoms with E-state index in [4.69, 9.17) is 9.98 Å². The van der Waals surface area contributed by atoms with E-state index in [0.29, 0.717) is 56.4 Å². The van der Waals surface area contributed by atoms with Crippen molar-refractivity contribution in [3.63, 3.8) is 0 Å². The van der Waals surface area contributed by atoms with E-state index in [2.05, 4.69) is 15.4 Å². The van der Waals surface area contributed by atoms with Gasteiger partial charge in [0.15, 0.2) is 10.9 Å². The monoisotopic (exact) mass is 421 g/mol. The Morgan fingerprint density at radius 1 is 0.742 bits per heavy atom. The van der Waals surface area contributed by atoms with Crippen molar-refractivity contribution in [2.45, 2.75) is 0 Å². The van der Waals surface area contributed by atoms with Gasteiger partial charge in [0.1, 0.15) is 11.0 Å². The Hall–Kier alpha value is -3.30. The first-order valence-electron chi connectivity index (χ1n) is 10.2. The zero-order chi connectivity index (χ0) is 22.1. The molecule has 9 nitrogen and oxygen atoms in total. The van der Waals surface area contributed by atoms with Gasteiger partial charge in [0.05, 0.1) is 34.6 Å². The van der Waals surface area contributed by atoms with Crippen molar-refractivity contribution in [1.82, 2.24) is 25.2 Å². The van der Waals surface area contributed by atoms with Crippen LogP contribution in [0.3, 0.4) is 0 Å². The molecule has 3 N–H and O–H groups in total. The zero-order valence-corrected chi connectivity index (χ0v) is 18.2. The highest BCUT2D eigenvalue weighted by Gasteiger charge is 2.18. The molecule has 4 aromatic rings. The van der Waals surface area contributed by atoms with Gasteiger partial charge in [0.25, 0.3) is 0 Å². The number of hydrogen-bond acceptors (Lipinski definition) is 6. The lowest BCUT2D eigenvalue weighted by Crippen LogP contribution is -2.29. The molecule has 1 aromatic heterocycles. The van der Waals surface area contributed by atoms with Crippen molar-refractivity contribution in [3.05, 3.63) is 55.4 Å². The van der Waals surface area contributed by atoms with Gasteiger partial charge in [-0.3, -0.25) is 29.8 Å². The van der Waals surface area contributed by atoms with Crippen LogP contribution in [0, 0.1) is 0 Å². The van der Waals surface area contributed by atoms with E-state index in [1.807, 2.05) is 38.0 Å². The standard InChI is InChI=1S/C22H27N7O2/c1-28(2)11-9-23-17-15-16(22(31)14-8-6-5-7-13(14)21(15)30)18(24-10-12-29(3)4)20-19(17)25-27-26-20/h5-8,25-27H,9-12H2,1-4H3. The smallest absolute Gasteiger partial charge is 0.196 e. The van der Waals surface area contributed by atoms with Crippen molar-refractivity contribution < 1.29 is 0 Å². The maximum atomic E-state index is 13.6. The van der Waals surface area contributed by atoms with Crippen LogP contribution in [0.25, 0.3) is 32.6 Å². The lowest BCUT2D eigenvalue weighted by Gasteiger charge is -2.08. The molecular formula is C22H27N7O2. The Balaban J connectivity index is 2.21. The summed E-state index contributed by atoms with van der Waals surface area (Å²) in [5.41, 5.74) is 0.881. The number of likely N-dealkylation sites (N-methyl/N-ethyl adjacent to an activating group) is 2. The second-order valence-electron chi connectivity index (χ2n) is 8.15. The van der Waals surface area contributed by atoms with E-state index in [1.54, 1.807) is 24.3 Å². The normalized spacial score (nSPS) is 13.6. The zero-order valence-electron chi connectivity index (χ0n) is 18.2. The van der Waals surface area contributed by atoms with E-state index >= 15 is 0 Å². The summed E-state index contributed by atoms with van der Waals surface area (Å²) >= 11 is 0. The highest BCUT2D eigenvalue weighted by molar-refractivity contribution is 6.02. The maximum Gasteiger partial charge on any atom is 0.196 e. The summed E-state index contributed by atoms with van der Waals surface area (Å²) in [5.74, 6) is 0. The van der Waals surface area contributed by atoms with Crippen LogP contribution >= 0.6 is 0 Å². The quantitative estimate of drug-likeness (QED) is 0.386.